The highest BCUT2D eigenvalue weighted by Crippen LogP contribution is 2.06. The van der Waals surface area contributed by atoms with E-state index in [0.717, 1.165) is 4.90 Å². The zero-order chi connectivity index (χ0) is 15.1. The van der Waals surface area contributed by atoms with Crippen molar-refractivity contribution in [3.05, 3.63) is 0 Å². The van der Waals surface area contributed by atoms with Crippen LogP contribution in [-0.4, -0.2) is 65.4 Å². The van der Waals surface area contributed by atoms with Gasteiger partial charge in [0.2, 0.25) is 5.91 Å². The smallest absolute Gasteiger partial charge is 0.327 e. The van der Waals surface area contributed by atoms with Crippen LogP contribution < -0.4 is 5.32 Å². The number of aliphatic carboxylic acids is 1. The minimum absolute atomic E-state index is 0.00129. The molecular weight excluding hydrogens is 266 g/mol. The summed E-state index contributed by atoms with van der Waals surface area (Å²) in [6, 6.07) is -0.466. The number of likely N-dealkylation sites (N-methyl/N-ethyl adjacent to an activating group) is 1. The molecule has 0 spiro atoms. The van der Waals surface area contributed by atoms with E-state index in [1.54, 1.807) is 0 Å². The van der Waals surface area contributed by atoms with Crippen molar-refractivity contribution in [2.24, 2.45) is 0 Å². The molecule has 0 atom stereocenters. The fourth-order valence-corrected chi connectivity index (χ4v) is 1.83. The molecule has 0 saturated carbocycles. The SMILES string of the molecule is CN1CC(=O)N(CC(=O)NCCCCCC(=O)O)C1=O. The van der Waals surface area contributed by atoms with Crippen LogP contribution in [0, 0.1) is 0 Å². The summed E-state index contributed by atoms with van der Waals surface area (Å²) in [6.07, 6.45) is 2.06. The second-order valence-electron chi connectivity index (χ2n) is 4.67. The predicted molar refractivity (Wildman–Crippen MR) is 68.9 cm³/mol. The van der Waals surface area contributed by atoms with Crippen LogP contribution in [0.3, 0.4) is 0 Å². The number of nitrogens with one attached hydrogen (secondary N) is 1. The third kappa shape index (κ3) is 4.87. The molecule has 0 aromatic rings. The summed E-state index contributed by atoms with van der Waals surface area (Å²) < 4.78 is 0. The first-order valence-electron chi connectivity index (χ1n) is 6.45. The fraction of sp³-hybridized carbons (Fsp3) is 0.667. The lowest BCUT2D eigenvalue weighted by Crippen LogP contribution is -2.41. The predicted octanol–water partition coefficient (Wildman–Crippen LogP) is -0.358. The molecule has 0 aromatic carbocycles. The molecule has 1 saturated heterocycles. The van der Waals surface area contributed by atoms with Crippen molar-refractivity contribution >= 4 is 23.8 Å². The Morgan fingerprint density at radius 1 is 1.25 bits per heavy atom. The molecule has 1 heterocycles. The Labute approximate surface area is 116 Å². The average Bonchev–Trinajstić information content (AvgIpc) is 2.60. The number of carboxylic acid groups (broad SMARTS) is 1. The van der Waals surface area contributed by atoms with Gasteiger partial charge in [-0.25, -0.2) is 4.79 Å². The zero-order valence-corrected chi connectivity index (χ0v) is 11.4. The van der Waals surface area contributed by atoms with E-state index >= 15 is 0 Å². The van der Waals surface area contributed by atoms with Crippen LogP contribution in [0.25, 0.3) is 0 Å². The lowest BCUT2D eigenvalue weighted by molar-refractivity contribution is -0.137. The van der Waals surface area contributed by atoms with Crippen LogP contribution in [0.2, 0.25) is 0 Å². The summed E-state index contributed by atoms with van der Waals surface area (Å²) in [5.41, 5.74) is 0. The Morgan fingerprint density at radius 3 is 2.50 bits per heavy atom. The van der Waals surface area contributed by atoms with E-state index in [1.165, 1.54) is 11.9 Å². The van der Waals surface area contributed by atoms with Gasteiger partial charge in [-0.05, 0) is 12.8 Å². The topological polar surface area (TPSA) is 107 Å². The standard InChI is InChI=1S/C12H19N3O5/c1-14-8-10(17)15(12(14)20)7-9(16)13-6-4-2-3-5-11(18)19/h2-8H2,1H3,(H,13,16)(H,18,19). The van der Waals surface area contributed by atoms with E-state index in [-0.39, 0.29) is 31.3 Å². The Balaban J connectivity index is 2.16. The number of carboxylic acids is 1. The van der Waals surface area contributed by atoms with Gasteiger partial charge in [0, 0.05) is 20.0 Å². The van der Waals surface area contributed by atoms with E-state index < -0.39 is 12.0 Å². The number of nitrogens with zero attached hydrogens (tertiary/aromatic N) is 2. The third-order valence-electron chi connectivity index (χ3n) is 2.92. The number of rotatable bonds is 8. The van der Waals surface area contributed by atoms with Gasteiger partial charge in [-0.3, -0.25) is 19.3 Å². The summed E-state index contributed by atoms with van der Waals surface area (Å²) >= 11 is 0. The second kappa shape index (κ2) is 7.46. The highest BCUT2D eigenvalue weighted by Gasteiger charge is 2.34. The molecule has 0 bridgehead atoms. The van der Waals surface area contributed by atoms with Crippen molar-refractivity contribution in [1.82, 2.24) is 15.1 Å². The number of unbranched alkanes of at least 4 members (excludes halogenated alkanes) is 2. The molecule has 2 N–H and O–H groups in total. The number of imide groups is 1. The lowest BCUT2D eigenvalue weighted by Gasteiger charge is -2.13. The first-order valence-corrected chi connectivity index (χ1v) is 6.45. The number of carbonyl (C=O) groups excluding carboxylic acids is 3. The van der Waals surface area contributed by atoms with Crippen LogP contribution in [0.5, 0.6) is 0 Å². The molecule has 4 amide bonds. The van der Waals surface area contributed by atoms with Crippen LogP contribution in [-0.2, 0) is 14.4 Å². The molecular formula is C12H19N3O5. The van der Waals surface area contributed by atoms with Gasteiger partial charge in [-0.2, -0.15) is 0 Å². The van der Waals surface area contributed by atoms with Crippen molar-refractivity contribution in [2.45, 2.75) is 25.7 Å². The normalized spacial score (nSPS) is 14.8. The molecule has 1 aliphatic heterocycles. The Hall–Kier alpha value is -2.12. The van der Waals surface area contributed by atoms with E-state index in [0.29, 0.717) is 25.8 Å². The van der Waals surface area contributed by atoms with Gasteiger partial charge < -0.3 is 15.3 Å². The highest BCUT2D eigenvalue weighted by atomic mass is 16.4. The van der Waals surface area contributed by atoms with Gasteiger partial charge in [0.15, 0.2) is 0 Å². The molecule has 0 aromatic heterocycles. The van der Waals surface area contributed by atoms with Gasteiger partial charge in [0.1, 0.15) is 13.1 Å². The molecule has 0 unspecified atom stereocenters. The van der Waals surface area contributed by atoms with Gasteiger partial charge in [-0.1, -0.05) is 6.42 Å². The molecule has 112 valence electrons. The van der Waals surface area contributed by atoms with E-state index in [1.807, 2.05) is 0 Å². The second-order valence-corrected chi connectivity index (χ2v) is 4.67. The minimum Gasteiger partial charge on any atom is -0.481 e. The molecule has 8 nitrogen and oxygen atoms in total. The van der Waals surface area contributed by atoms with E-state index in [9.17, 15) is 19.2 Å². The van der Waals surface area contributed by atoms with Gasteiger partial charge in [-0.15, -0.1) is 0 Å². The quantitative estimate of drug-likeness (QED) is 0.468. The van der Waals surface area contributed by atoms with Gasteiger partial charge in [0.05, 0.1) is 0 Å². The number of amides is 4. The maximum Gasteiger partial charge on any atom is 0.327 e. The van der Waals surface area contributed by atoms with Gasteiger partial charge in [0.25, 0.3) is 5.91 Å². The van der Waals surface area contributed by atoms with Crippen LogP contribution in [0.15, 0.2) is 0 Å². The fourth-order valence-electron chi connectivity index (χ4n) is 1.83. The lowest BCUT2D eigenvalue weighted by atomic mass is 10.2. The molecule has 20 heavy (non-hydrogen) atoms. The summed E-state index contributed by atoms with van der Waals surface area (Å²) in [4.78, 5) is 47.0. The molecule has 1 rings (SSSR count). The van der Waals surface area contributed by atoms with Crippen LogP contribution >= 0.6 is 0 Å². The summed E-state index contributed by atoms with van der Waals surface area (Å²) in [6.45, 7) is 0.142. The summed E-state index contributed by atoms with van der Waals surface area (Å²) in [7, 11) is 1.50. The van der Waals surface area contributed by atoms with E-state index in [2.05, 4.69) is 5.32 Å². The Bertz CT molecular complexity index is 410. The number of hydrogen-bond acceptors (Lipinski definition) is 4. The van der Waals surface area contributed by atoms with Gasteiger partial charge >= 0.3 is 12.0 Å². The highest BCUT2D eigenvalue weighted by molar-refractivity contribution is 6.04. The van der Waals surface area contributed by atoms with Crippen molar-refractivity contribution in [1.29, 1.82) is 0 Å². The number of hydrogen-bond donors (Lipinski definition) is 2. The van der Waals surface area contributed by atoms with Crippen molar-refractivity contribution in [3.63, 3.8) is 0 Å². The molecule has 8 heteroatoms. The first kappa shape index (κ1) is 15.9. The maximum absolute atomic E-state index is 11.6. The maximum atomic E-state index is 11.6. The van der Waals surface area contributed by atoms with Crippen molar-refractivity contribution < 1.29 is 24.3 Å². The Kier molecular flexibility index (Phi) is 5.95. The molecule has 0 aliphatic carbocycles. The third-order valence-corrected chi connectivity index (χ3v) is 2.92. The molecule has 1 aliphatic rings. The van der Waals surface area contributed by atoms with Crippen molar-refractivity contribution in [3.8, 4) is 0 Å². The summed E-state index contributed by atoms with van der Waals surface area (Å²) in [5.74, 6) is -1.60. The minimum atomic E-state index is -0.829. The number of carbonyl (C=O) groups is 4. The summed E-state index contributed by atoms with van der Waals surface area (Å²) in [5, 5.41) is 11.0. The average molecular weight is 285 g/mol. The van der Waals surface area contributed by atoms with Crippen LogP contribution in [0.4, 0.5) is 4.79 Å². The van der Waals surface area contributed by atoms with Crippen LogP contribution in [0.1, 0.15) is 25.7 Å². The largest absolute Gasteiger partial charge is 0.481 e. The monoisotopic (exact) mass is 285 g/mol. The Morgan fingerprint density at radius 2 is 1.95 bits per heavy atom. The molecule has 0 radical (unpaired) electrons. The van der Waals surface area contributed by atoms with E-state index in [4.69, 9.17) is 5.11 Å². The van der Waals surface area contributed by atoms with Crippen molar-refractivity contribution in [2.75, 3.05) is 26.7 Å². The molecule has 1 fully saturated rings. The number of urea groups is 1. The zero-order valence-electron chi connectivity index (χ0n) is 11.4. The first-order chi connectivity index (χ1) is 9.41.